The maximum absolute atomic E-state index is 13.3. The van der Waals surface area contributed by atoms with Crippen LogP contribution in [0.4, 0.5) is 11.6 Å². The first-order chi connectivity index (χ1) is 17.5. The Labute approximate surface area is 210 Å². The van der Waals surface area contributed by atoms with Gasteiger partial charge in [0.1, 0.15) is 24.8 Å². The minimum absolute atomic E-state index is 0.0211. The second kappa shape index (κ2) is 10.3. The Balaban J connectivity index is 1.27. The standard InChI is InChI=1S/C27H30N6O3/c1-31(2)25(8-5-14-34)33-13-15-36-24-16-19(9-10-23(24)33)26(35)32-12-11-21(18-32)29-27-28-17-20-6-3-4-7-22(20)30-27/h3-10,14,16-17,21,25H,11-13,15,18H2,1-2H3,(H,28,29,30)/b8-5+/t21-,25-/m1/s1. The normalized spacial score (nSPS) is 18.4. The van der Waals surface area contributed by atoms with E-state index in [-0.39, 0.29) is 18.1 Å². The first kappa shape index (κ1) is 23.7. The topological polar surface area (TPSA) is 90.9 Å². The lowest BCUT2D eigenvalue weighted by Crippen LogP contribution is -2.47. The highest BCUT2D eigenvalue weighted by Crippen LogP contribution is 2.35. The van der Waals surface area contributed by atoms with Crippen molar-refractivity contribution in [3.63, 3.8) is 0 Å². The van der Waals surface area contributed by atoms with E-state index in [1.54, 1.807) is 0 Å². The molecule has 2 aliphatic heterocycles. The van der Waals surface area contributed by atoms with Gasteiger partial charge in [-0.05, 0) is 56.9 Å². The van der Waals surface area contributed by atoms with Crippen LogP contribution in [0, 0.1) is 0 Å². The molecule has 2 atom stereocenters. The molecule has 3 heterocycles. The average Bonchev–Trinajstić information content (AvgIpc) is 3.36. The highest BCUT2D eigenvalue weighted by Gasteiger charge is 2.30. The van der Waals surface area contributed by atoms with Gasteiger partial charge in [0.25, 0.3) is 5.91 Å². The first-order valence-electron chi connectivity index (χ1n) is 12.1. The molecule has 1 fully saturated rings. The van der Waals surface area contributed by atoms with Crippen molar-refractivity contribution in [2.24, 2.45) is 0 Å². The van der Waals surface area contributed by atoms with Crippen molar-refractivity contribution >= 4 is 34.7 Å². The molecule has 1 amide bonds. The van der Waals surface area contributed by atoms with Crippen LogP contribution in [-0.2, 0) is 4.79 Å². The van der Waals surface area contributed by atoms with E-state index in [1.807, 2.05) is 78.6 Å². The lowest BCUT2D eigenvalue weighted by molar-refractivity contribution is -0.104. The van der Waals surface area contributed by atoms with Crippen molar-refractivity contribution in [1.29, 1.82) is 0 Å². The zero-order chi connectivity index (χ0) is 25.1. The quantitative estimate of drug-likeness (QED) is 0.403. The molecule has 2 aromatic carbocycles. The van der Waals surface area contributed by atoms with E-state index in [9.17, 15) is 9.59 Å². The molecule has 0 bridgehead atoms. The van der Waals surface area contributed by atoms with Crippen LogP contribution in [0.25, 0.3) is 10.9 Å². The van der Waals surface area contributed by atoms with Crippen molar-refractivity contribution in [1.82, 2.24) is 19.8 Å². The Hall–Kier alpha value is -3.98. The number of aldehydes is 1. The molecule has 9 heteroatoms. The van der Waals surface area contributed by atoms with Crippen molar-refractivity contribution in [2.45, 2.75) is 18.6 Å². The molecular formula is C27H30N6O3. The lowest BCUT2D eigenvalue weighted by Gasteiger charge is -2.39. The third-order valence-electron chi connectivity index (χ3n) is 6.61. The number of likely N-dealkylation sites (tertiary alicyclic amines) is 1. The van der Waals surface area contributed by atoms with E-state index in [2.05, 4.69) is 20.2 Å². The molecule has 36 heavy (non-hydrogen) atoms. The zero-order valence-corrected chi connectivity index (χ0v) is 20.5. The van der Waals surface area contributed by atoms with Crippen molar-refractivity contribution < 1.29 is 14.3 Å². The van der Waals surface area contributed by atoms with Crippen LogP contribution in [0.2, 0.25) is 0 Å². The zero-order valence-electron chi connectivity index (χ0n) is 20.5. The first-order valence-corrected chi connectivity index (χ1v) is 12.1. The fourth-order valence-corrected chi connectivity index (χ4v) is 4.82. The maximum Gasteiger partial charge on any atom is 0.254 e. The summed E-state index contributed by atoms with van der Waals surface area (Å²) in [6.07, 6.45) is 6.70. The Morgan fingerprint density at radius 1 is 1.22 bits per heavy atom. The van der Waals surface area contributed by atoms with Crippen LogP contribution in [0.3, 0.4) is 0 Å². The van der Waals surface area contributed by atoms with Crippen LogP contribution < -0.4 is 15.0 Å². The van der Waals surface area contributed by atoms with E-state index < -0.39 is 0 Å². The lowest BCUT2D eigenvalue weighted by atomic mass is 10.1. The molecule has 0 spiro atoms. The maximum atomic E-state index is 13.3. The van der Waals surface area contributed by atoms with Crippen LogP contribution >= 0.6 is 0 Å². The number of aromatic nitrogens is 2. The summed E-state index contributed by atoms with van der Waals surface area (Å²) < 4.78 is 5.92. The molecule has 0 saturated carbocycles. The van der Waals surface area contributed by atoms with Crippen molar-refractivity contribution in [2.75, 3.05) is 50.6 Å². The van der Waals surface area contributed by atoms with Crippen LogP contribution in [0.5, 0.6) is 5.75 Å². The number of nitrogens with zero attached hydrogens (tertiary/aromatic N) is 5. The number of para-hydroxylation sites is 1. The number of carbonyl (C=O) groups is 2. The second-order valence-electron chi connectivity index (χ2n) is 9.26. The smallest absolute Gasteiger partial charge is 0.254 e. The number of rotatable bonds is 7. The number of benzene rings is 2. The third-order valence-corrected chi connectivity index (χ3v) is 6.61. The summed E-state index contributed by atoms with van der Waals surface area (Å²) in [6, 6.07) is 13.6. The SMILES string of the molecule is CN(C)[C@@H](/C=C/C=O)N1CCOc2cc(C(=O)N3CC[C@@H](Nc4ncc5ccccc5n4)C3)ccc21. The molecule has 0 unspecified atom stereocenters. The molecule has 1 saturated heterocycles. The fraction of sp³-hybridized carbons (Fsp3) is 0.333. The number of likely N-dealkylation sites (N-methyl/N-ethyl adjacent to an activating group) is 1. The van der Waals surface area contributed by atoms with Gasteiger partial charge in [-0.25, -0.2) is 9.97 Å². The molecule has 1 aromatic heterocycles. The number of amides is 1. The molecule has 3 aromatic rings. The summed E-state index contributed by atoms with van der Waals surface area (Å²) in [6.45, 7) is 2.43. The molecule has 0 aliphatic carbocycles. The Morgan fingerprint density at radius 2 is 2.08 bits per heavy atom. The monoisotopic (exact) mass is 486 g/mol. The summed E-state index contributed by atoms with van der Waals surface area (Å²) >= 11 is 0. The minimum Gasteiger partial charge on any atom is -0.490 e. The molecule has 2 aliphatic rings. The Kier molecular flexibility index (Phi) is 6.81. The number of carbonyl (C=O) groups excluding carboxylic acids is 2. The van der Waals surface area contributed by atoms with E-state index in [0.717, 1.165) is 29.3 Å². The number of ether oxygens (including phenoxy) is 1. The summed E-state index contributed by atoms with van der Waals surface area (Å²) in [5.74, 6) is 1.23. The van der Waals surface area contributed by atoms with Crippen molar-refractivity contribution in [3.8, 4) is 5.75 Å². The van der Waals surface area contributed by atoms with Gasteiger partial charge in [-0.2, -0.15) is 0 Å². The van der Waals surface area contributed by atoms with Gasteiger partial charge >= 0.3 is 0 Å². The van der Waals surface area contributed by atoms with Gasteiger partial charge in [0.15, 0.2) is 0 Å². The molecular weight excluding hydrogens is 456 g/mol. The summed E-state index contributed by atoms with van der Waals surface area (Å²) in [5, 5.41) is 4.38. The van der Waals surface area contributed by atoms with Crippen LogP contribution in [0.15, 0.2) is 60.8 Å². The average molecular weight is 487 g/mol. The number of fused-ring (bicyclic) bond motifs is 2. The molecule has 9 nitrogen and oxygen atoms in total. The van der Waals surface area contributed by atoms with E-state index in [1.165, 1.54) is 6.08 Å². The van der Waals surface area contributed by atoms with Gasteiger partial charge in [-0.3, -0.25) is 14.5 Å². The molecule has 1 N–H and O–H groups in total. The Morgan fingerprint density at radius 3 is 2.92 bits per heavy atom. The van der Waals surface area contributed by atoms with Crippen LogP contribution in [-0.4, -0.2) is 84.5 Å². The predicted octanol–water partition coefficient (Wildman–Crippen LogP) is 2.80. The summed E-state index contributed by atoms with van der Waals surface area (Å²) in [7, 11) is 3.93. The van der Waals surface area contributed by atoms with Gasteiger partial charge < -0.3 is 19.9 Å². The van der Waals surface area contributed by atoms with Crippen molar-refractivity contribution in [3.05, 3.63) is 66.4 Å². The largest absolute Gasteiger partial charge is 0.490 e. The molecule has 186 valence electrons. The van der Waals surface area contributed by atoms with Gasteiger partial charge in [0.2, 0.25) is 5.95 Å². The van der Waals surface area contributed by atoms with E-state index in [4.69, 9.17) is 4.74 Å². The molecule has 5 rings (SSSR count). The highest BCUT2D eigenvalue weighted by molar-refractivity contribution is 5.95. The summed E-state index contributed by atoms with van der Waals surface area (Å²) in [4.78, 5) is 39.3. The number of allylic oxidation sites excluding steroid dienone is 1. The minimum atomic E-state index is -0.0952. The van der Waals surface area contributed by atoms with Gasteiger partial charge in [-0.1, -0.05) is 18.2 Å². The van der Waals surface area contributed by atoms with Gasteiger partial charge in [0, 0.05) is 36.3 Å². The van der Waals surface area contributed by atoms with Crippen LogP contribution in [0.1, 0.15) is 16.8 Å². The van der Waals surface area contributed by atoms with E-state index >= 15 is 0 Å². The third kappa shape index (κ3) is 4.87. The molecule has 0 radical (unpaired) electrons. The number of nitrogens with one attached hydrogen (secondary N) is 1. The second-order valence-corrected chi connectivity index (χ2v) is 9.26. The van der Waals surface area contributed by atoms with Gasteiger partial charge in [0.05, 0.1) is 17.7 Å². The predicted molar refractivity (Wildman–Crippen MR) is 139 cm³/mol. The number of hydrogen-bond donors (Lipinski definition) is 1. The summed E-state index contributed by atoms with van der Waals surface area (Å²) in [5.41, 5.74) is 2.40. The van der Waals surface area contributed by atoms with E-state index in [0.29, 0.717) is 43.5 Å². The number of hydrogen-bond acceptors (Lipinski definition) is 8. The highest BCUT2D eigenvalue weighted by atomic mass is 16.5. The fourth-order valence-electron chi connectivity index (χ4n) is 4.82. The van der Waals surface area contributed by atoms with Gasteiger partial charge in [-0.15, -0.1) is 0 Å². The Bertz CT molecular complexity index is 1290. The number of anilines is 2.